The maximum atomic E-state index is 6.26. The fraction of sp³-hybridized carbons (Fsp3) is 0. The van der Waals surface area contributed by atoms with E-state index in [-0.39, 0.29) is 0 Å². The zero-order valence-corrected chi connectivity index (χ0v) is 14.2. The van der Waals surface area contributed by atoms with E-state index in [1.165, 1.54) is 6.33 Å². The predicted octanol–water partition coefficient (Wildman–Crippen LogP) is 4.05. The number of nitrogen functional groups attached to an aromatic ring is 1. The lowest BCUT2D eigenvalue weighted by atomic mass is 10.2. The van der Waals surface area contributed by atoms with E-state index < -0.39 is 0 Å². The molecule has 0 saturated heterocycles. The van der Waals surface area contributed by atoms with Crippen LogP contribution in [0.4, 0.5) is 17.5 Å². The van der Waals surface area contributed by atoms with Crippen molar-refractivity contribution in [3.05, 3.63) is 52.8 Å². The summed E-state index contributed by atoms with van der Waals surface area (Å²) >= 11 is 12.5. The Morgan fingerprint density at radius 2 is 1.72 bits per heavy atom. The quantitative estimate of drug-likeness (QED) is 0.501. The smallest absolute Gasteiger partial charge is 0.183 e. The number of aromatic nitrogens is 5. The van der Waals surface area contributed by atoms with Crippen molar-refractivity contribution < 1.29 is 0 Å². The summed E-state index contributed by atoms with van der Waals surface area (Å²) in [7, 11) is 0. The van der Waals surface area contributed by atoms with Crippen LogP contribution in [0.2, 0.25) is 10.0 Å². The van der Waals surface area contributed by atoms with Gasteiger partial charge in [0.25, 0.3) is 0 Å². The van der Waals surface area contributed by atoms with Crippen LogP contribution in [0.15, 0.2) is 42.7 Å². The van der Waals surface area contributed by atoms with E-state index in [9.17, 15) is 0 Å². The van der Waals surface area contributed by atoms with Gasteiger partial charge in [-0.15, -0.1) is 0 Å². The molecule has 4 rings (SSSR count). The molecule has 1 aromatic carbocycles. The minimum Gasteiger partial charge on any atom is -0.384 e. The number of nitrogens with one attached hydrogen (secondary N) is 2. The molecule has 0 aliphatic rings. The van der Waals surface area contributed by atoms with E-state index in [1.807, 2.05) is 0 Å². The summed E-state index contributed by atoms with van der Waals surface area (Å²) in [6, 6.07) is 10.6. The molecule has 0 atom stereocenters. The highest BCUT2D eigenvalue weighted by molar-refractivity contribution is 6.39. The van der Waals surface area contributed by atoms with Crippen LogP contribution in [0.25, 0.3) is 22.6 Å². The van der Waals surface area contributed by atoms with Crippen LogP contribution in [-0.2, 0) is 0 Å². The average molecular weight is 372 g/mol. The minimum atomic E-state index is 0.406. The van der Waals surface area contributed by atoms with E-state index in [4.69, 9.17) is 28.9 Å². The van der Waals surface area contributed by atoms with Crippen LogP contribution >= 0.6 is 23.2 Å². The molecule has 9 heteroatoms. The van der Waals surface area contributed by atoms with Gasteiger partial charge >= 0.3 is 0 Å². The zero-order chi connectivity index (χ0) is 17.4. The highest BCUT2D eigenvalue weighted by Gasteiger charge is 2.16. The number of rotatable bonds is 3. The molecule has 7 nitrogen and oxygen atoms in total. The highest BCUT2D eigenvalue weighted by atomic mass is 35.5. The summed E-state index contributed by atoms with van der Waals surface area (Å²) < 4.78 is 0. The van der Waals surface area contributed by atoms with Gasteiger partial charge in [0, 0.05) is 0 Å². The second-order valence-electron chi connectivity index (χ2n) is 5.18. The second kappa shape index (κ2) is 6.19. The molecule has 25 heavy (non-hydrogen) atoms. The molecule has 3 aromatic heterocycles. The first kappa shape index (κ1) is 15.6. The van der Waals surface area contributed by atoms with Crippen molar-refractivity contribution in [1.82, 2.24) is 24.9 Å². The summed E-state index contributed by atoms with van der Waals surface area (Å²) in [5.41, 5.74) is 7.40. The summed E-state index contributed by atoms with van der Waals surface area (Å²) in [5.74, 6) is 2.00. The Bertz CT molecular complexity index is 1060. The Morgan fingerprint density at radius 3 is 2.48 bits per heavy atom. The molecule has 3 heterocycles. The Kier molecular flexibility index (Phi) is 3.87. The summed E-state index contributed by atoms with van der Waals surface area (Å²) in [4.78, 5) is 20.3. The third-order valence-corrected chi connectivity index (χ3v) is 4.13. The van der Waals surface area contributed by atoms with E-state index in [0.29, 0.717) is 50.1 Å². The number of H-pyrrole nitrogens is 1. The van der Waals surface area contributed by atoms with Gasteiger partial charge in [0.15, 0.2) is 11.5 Å². The average Bonchev–Trinajstić information content (AvgIpc) is 2.99. The van der Waals surface area contributed by atoms with E-state index in [0.717, 1.165) is 0 Å². The third-order valence-electron chi connectivity index (χ3n) is 3.51. The maximum Gasteiger partial charge on any atom is 0.183 e. The molecule has 0 unspecified atom stereocenters. The molecule has 0 fully saturated rings. The number of anilines is 3. The number of imidazole rings is 1. The largest absolute Gasteiger partial charge is 0.384 e. The first-order valence-electron chi connectivity index (χ1n) is 7.26. The Labute approximate surface area is 152 Å². The van der Waals surface area contributed by atoms with Crippen LogP contribution in [0.3, 0.4) is 0 Å². The van der Waals surface area contributed by atoms with Crippen molar-refractivity contribution in [2.45, 2.75) is 0 Å². The highest BCUT2D eigenvalue weighted by Crippen LogP contribution is 2.34. The van der Waals surface area contributed by atoms with Crippen molar-refractivity contribution >= 4 is 51.8 Å². The SMILES string of the molecule is Nc1cccc(Nc2ncnc3nc(-c4c(Cl)cccc4Cl)[nH]c23)n1. The number of hydrogen-bond donors (Lipinski definition) is 3. The fourth-order valence-corrected chi connectivity index (χ4v) is 2.98. The van der Waals surface area contributed by atoms with Crippen molar-refractivity contribution in [3.8, 4) is 11.4 Å². The van der Waals surface area contributed by atoms with Gasteiger partial charge in [-0.25, -0.2) is 19.9 Å². The lowest BCUT2D eigenvalue weighted by Crippen LogP contribution is -1.99. The molecule has 4 aromatic rings. The number of pyridine rings is 1. The van der Waals surface area contributed by atoms with Crippen molar-refractivity contribution in [1.29, 1.82) is 0 Å². The molecule has 4 N–H and O–H groups in total. The summed E-state index contributed by atoms with van der Waals surface area (Å²) in [6.45, 7) is 0. The van der Waals surface area contributed by atoms with Crippen LogP contribution in [0, 0.1) is 0 Å². The number of fused-ring (bicyclic) bond motifs is 1. The van der Waals surface area contributed by atoms with Crippen LogP contribution in [0.1, 0.15) is 0 Å². The fourth-order valence-electron chi connectivity index (χ4n) is 2.41. The molecule has 0 saturated carbocycles. The lowest BCUT2D eigenvalue weighted by molar-refractivity contribution is 1.19. The number of hydrogen-bond acceptors (Lipinski definition) is 6. The van der Waals surface area contributed by atoms with Gasteiger partial charge in [-0.05, 0) is 24.3 Å². The van der Waals surface area contributed by atoms with Crippen molar-refractivity contribution in [2.75, 3.05) is 11.1 Å². The standard InChI is InChI=1S/C16H11Cl2N7/c17-8-3-1-4-9(18)12(8)14-24-13-15(20-7-21-16(13)25-14)23-11-6-2-5-10(19)22-11/h1-7H,(H4,19,20,21,22,23,24,25). The summed E-state index contributed by atoms with van der Waals surface area (Å²) in [6.07, 6.45) is 1.41. The van der Waals surface area contributed by atoms with E-state index in [2.05, 4.69) is 30.2 Å². The van der Waals surface area contributed by atoms with Gasteiger partial charge < -0.3 is 16.0 Å². The molecule has 0 aliphatic heterocycles. The van der Waals surface area contributed by atoms with Crippen molar-refractivity contribution in [3.63, 3.8) is 0 Å². The zero-order valence-electron chi connectivity index (χ0n) is 12.7. The number of nitrogens with zero attached hydrogens (tertiary/aromatic N) is 4. The predicted molar refractivity (Wildman–Crippen MR) is 99.1 cm³/mol. The van der Waals surface area contributed by atoms with Gasteiger partial charge in [-0.1, -0.05) is 35.3 Å². The molecular formula is C16H11Cl2N7. The Morgan fingerprint density at radius 1 is 0.960 bits per heavy atom. The molecule has 0 amide bonds. The second-order valence-corrected chi connectivity index (χ2v) is 5.99. The number of nitrogens with two attached hydrogens (primary N) is 1. The molecular weight excluding hydrogens is 361 g/mol. The van der Waals surface area contributed by atoms with Crippen LogP contribution < -0.4 is 11.1 Å². The van der Waals surface area contributed by atoms with Crippen LogP contribution in [0.5, 0.6) is 0 Å². The third kappa shape index (κ3) is 2.95. The number of benzene rings is 1. The van der Waals surface area contributed by atoms with Gasteiger partial charge in [0.05, 0.1) is 15.6 Å². The van der Waals surface area contributed by atoms with E-state index in [1.54, 1.807) is 36.4 Å². The van der Waals surface area contributed by atoms with E-state index >= 15 is 0 Å². The van der Waals surface area contributed by atoms with Gasteiger partial charge in [0.1, 0.15) is 29.3 Å². The Balaban J connectivity index is 1.82. The summed E-state index contributed by atoms with van der Waals surface area (Å²) in [5, 5.41) is 4.09. The topological polar surface area (TPSA) is 105 Å². The first-order valence-corrected chi connectivity index (χ1v) is 8.02. The lowest BCUT2D eigenvalue weighted by Gasteiger charge is -2.05. The Hall–Kier alpha value is -2.90. The molecule has 0 radical (unpaired) electrons. The molecule has 0 bridgehead atoms. The van der Waals surface area contributed by atoms with Crippen molar-refractivity contribution in [2.24, 2.45) is 0 Å². The molecule has 0 aliphatic carbocycles. The first-order chi connectivity index (χ1) is 12.1. The van der Waals surface area contributed by atoms with Gasteiger partial charge in [0.2, 0.25) is 0 Å². The van der Waals surface area contributed by atoms with Gasteiger partial charge in [-0.3, -0.25) is 0 Å². The van der Waals surface area contributed by atoms with Crippen LogP contribution in [-0.4, -0.2) is 24.9 Å². The maximum absolute atomic E-state index is 6.26. The monoisotopic (exact) mass is 371 g/mol. The minimum absolute atomic E-state index is 0.406. The normalized spacial score (nSPS) is 11.0. The molecule has 0 spiro atoms. The molecule has 124 valence electrons. The number of aromatic amines is 1. The van der Waals surface area contributed by atoms with Gasteiger partial charge in [-0.2, -0.15) is 0 Å². The number of halogens is 2.